The number of rotatable bonds is 8. The van der Waals surface area contributed by atoms with E-state index in [9.17, 15) is 9.59 Å². The molecule has 0 fully saturated rings. The zero-order valence-electron chi connectivity index (χ0n) is 17.1. The summed E-state index contributed by atoms with van der Waals surface area (Å²) in [4.78, 5) is 26.9. The standard InChI is InChI=1S/C22H25NO5S/c1-5-28-20(24)16-8-6-15(7-9-16)12-13-29-17-10-11-19-18(14-17)22(26-3,27-4)21(25)23(19)2/h6-11,14H,5,12-13H2,1-4H3. The van der Waals surface area contributed by atoms with E-state index in [2.05, 4.69) is 0 Å². The molecular weight excluding hydrogens is 390 g/mol. The van der Waals surface area contributed by atoms with E-state index in [4.69, 9.17) is 14.2 Å². The van der Waals surface area contributed by atoms with Crippen LogP contribution in [0.4, 0.5) is 5.69 Å². The minimum atomic E-state index is -1.39. The lowest BCUT2D eigenvalue weighted by molar-refractivity contribution is -0.209. The van der Waals surface area contributed by atoms with Crippen LogP contribution in [0.1, 0.15) is 28.4 Å². The smallest absolute Gasteiger partial charge is 0.338 e. The van der Waals surface area contributed by atoms with Crippen LogP contribution in [0.15, 0.2) is 47.4 Å². The molecule has 0 bridgehead atoms. The van der Waals surface area contributed by atoms with Crippen molar-refractivity contribution in [3.63, 3.8) is 0 Å². The van der Waals surface area contributed by atoms with Crippen molar-refractivity contribution in [3.8, 4) is 0 Å². The van der Waals surface area contributed by atoms with E-state index in [0.29, 0.717) is 12.2 Å². The molecule has 1 aliphatic heterocycles. The largest absolute Gasteiger partial charge is 0.462 e. The lowest BCUT2D eigenvalue weighted by Gasteiger charge is -2.24. The number of carbonyl (C=O) groups is 2. The Balaban J connectivity index is 1.66. The summed E-state index contributed by atoms with van der Waals surface area (Å²) in [5, 5.41) is 0. The van der Waals surface area contributed by atoms with Crippen LogP contribution in [-0.2, 0) is 31.2 Å². The average Bonchev–Trinajstić information content (AvgIpc) is 2.95. The lowest BCUT2D eigenvalue weighted by atomic mass is 10.1. The molecule has 0 aromatic heterocycles. The van der Waals surface area contributed by atoms with Gasteiger partial charge < -0.3 is 19.1 Å². The summed E-state index contributed by atoms with van der Waals surface area (Å²) < 4.78 is 15.9. The monoisotopic (exact) mass is 415 g/mol. The highest BCUT2D eigenvalue weighted by atomic mass is 32.2. The predicted molar refractivity (Wildman–Crippen MR) is 112 cm³/mol. The van der Waals surface area contributed by atoms with Gasteiger partial charge in [-0.2, -0.15) is 0 Å². The van der Waals surface area contributed by atoms with Gasteiger partial charge in [-0.15, -0.1) is 11.8 Å². The van der Waals surface area contributed by atoms with Crippen LogP contribution < -0.4 is 4.90 Å². The van der Waals surface area contributed by atoms with Gasteiger partial charge in [-0.3, -0.25) is 4.79 Å². The molecule has 3 rings (SSSR count). The number of anilines is 1. The van der Waals surface area contributed by atoms with Crippen molar-refractivity contribution in [3.05, 3.63) is 59.2 Å². The van der Waals surface area contributed by atoms with Gasteiger partial charge in [0, 0.05) is 37.5 Å². The summed E-state index contributed by atoms with van der Waals surface area (Å²) in [5.74, 6) is -1.06. The Bertz CT molecular complexity index is 893. The van der Waals surface area contributed by atoms with Gasteiger partial charge in [0.05, 0.1) is 17.9 Å². The highest BCUT2D eigenvalue weighted by Crippen LogP contribution is 2.43. The van der Waals surface area contributed by atoms with E-state index in [-0.39, 0.29) is 11.9 Å². The number of likely N-dealkylation sites (N-methyl/N-ethyl adjacent to an activating group) is 1. The summed E-state index contributed by atoms with van der Waals surface area (Å²) in [5.41, 5.74) is 3.22. The molecule has 7 heteroatoms. The molecular formula is C22H25NO5S. The Morgan fingerprint density at radius 2 is 1.79 bits per heavy atom. The normalized spacial score (nSPS) is 14.8. The summed E-state index contributed by atoms with van der Waals surface area (Å²) in [6.07, 6.45) is 0.851. The number of ether oxygens (including phenoxy) is 3. The molecule has 6 nitrogen and oxygen atoms in total. The molecule has 2 aromatic rings. The first-order valence-corrected chi connectivity index (χ1v) is 10.4. The highest BCUT2D eigenvalue weighted by molar-refractivity contribution is 7.99. The number of benzene rings is 2. The first-order chi connectivity index (χ1) is 14.0. The second-order valence-corrected chi connectivity index (χ2v) is 7.75. The molecule has 0 N–H and O–H groups in total. The second kappa shape index (κ2) is 8.98. The third kappa shape index (κ3) is 4.03. The lowest BCUT2D eigenvalue weighted by Crippen LogP contribution is -2.41. The first kappa shape index (κ1) is 21.4. The van der Waals surface area contributed by atoms with Gasteiger partial charge in [0.25, 0.3) is 11.7 Å². The Morgan fingerprint density at radius 3 is 2.41 bits per heavy atom. The third-order valence-electron chi connectivity index (χ3n) is 4.97. The maximum absolute atomic E-state index is 12.6. The Morgan fingerprint density at radius 1 is 1.10 bits per heavy atom. The molecule has 0 spiro atoms. The fourth-order valence-electron chi connectivity index (χ4n) is 3.39. The Kier molecular flexibility index (Phi) is 6.62. The second-order valence-electron chi connectivity index (χ2n) is 6.58. The van der Waals surface area contributed by atoms with Crippen molar-refractivity contribution < 1.29 is 23.8 Å². The minimum absolute atomic E-state index is 0.235. The molecule has 1 aliphatic rings. The maximum Gasteiger partial charge on any atom is 0.338 e. The number of thioether (sulfide) groups is 1. The van der Waals surface area contributed by atoms with Crippen LogP contribution in [0.3, 0.4) is 0 Å². The van der Waals surface area contributed by atoms with Crippen molar-refractivity contribution in [2.24, 2.45) is 0 Å². The molecule has 0 saturated carbocycles. The fourth-order valence-corrected chi connectivity index (χ4v) is 4.33. The van der Waals surface area contributed by atoms with Gasteiger partial charge in [-0.1, -0.05) is 12.1 Å². The SMILES string of the molecule is CCOC(=O)c1ccc(CCSc2ccc3c(c2)C(OC)(OC)C(=O)N3C)cc1. The molecule has 1 heterocycles. The van der Waals surface area contributed by atoms with E-state index in [1.54, 1.807) is 42.8 Å². The van der Waals surface area contributed by atoms with Crippen LogP contribution in [0, 0.1) is 0 Å². The van der Waals surface area contributed by atoms with Crippen LogP contribution in [-0.4, -0.2) is 45.5 Å². The zero-order chi connectivity index (χ0) is 21.0. The molecule has 0 unspecified atom stereocenters. The molecule has 2 aromatic carbocycles. The van der Waals surface area contributed by atoms with Crippen LogP contribution >= 0.6 is 11.8 Å². The number of carbonyl (C=O) groups excluding carboxylic acids is 2. The number of fused-ring (bicyclic) bond motifs is 1. The summed E-state index contributed by atoms with van der Waals surface area (Å²) in [6, 6.07) is 13.4. The van der Waals surface area contributed by atoms with Crippen molar-refractivity contribution >= 4 is 29.3 Å². The number of aryl methyl sites for hydroxylation is 1. The van der Waals surface area contributed by atoms with E-state index in [1.165, 1.54) is 14.2 Å². The number of hydrogen-bond donors (Lipinski definition) is 0. The maximum atomic E-state index is 12.6. The highest BCUT2D eigenvalue weighted by Gasteiger charge is 2.51. The van der Waals surface area contributed by atoms with Gasteiger partial charge in [-0.25, -0.2) is 4.79 Å². The Labute approximate surface area is 175 Å². The van der Waals surface area contributed by atoms with Gasteiger partial charge >= 0.3 is 5.97 Å². The summed E-state index contributed by atoms with van der Waals surface area (Å²) >= 11 is 1.69. The third-order valence-corrected chi connectivity index (χ3v) is 5.97. The van der Waals surface area contributed by atoms with Gasteiger partial charge in [0.15, 0.2) is 0 Å². The topological polar surface area (TPSA) is 65.1 Å². The fraction of sp³-hybridized carbons (Fsp3) is 0.364. The number of amides is 1. The van der Waals surface area contributed by atoms with Gasteiger partial charge in [0.1, 0.15) is 0 Å². The van der Waals surface area contributed by atoms with E-state index in [0.717, 1.165) is 33.9 Å². The van der Waals surface area contributed by atoms with Gasteiger partial charge in [0.2, 0.25) is 0 Å². The molecule has 0 atom stereocenters. The minimum Gasteiger partial charge on any atom is -0.462 e. The molecule has 1 amide bonds. The summed E-state index contributed by atoms with van der Waals surface area (Å²) in [6.45, 7) is 2.16. The number of nitrogens with zero attached hydrogens (tertiary/aromatic N) is 1. The molecule has 0 saturated heterocycles. The van der Waals surface area contributed by atoms with Crippen molar-refractivity contribution in [1.82, 2.24) is 0 Å². The van der Waals surface area contributed by atoms with Gasteiger partial charge in [-0.05, 0) is 49.2 Å². The van der Waals surface area contributed by atoms with Crippen molar-refractivity contribution in [2.45, 2.75) is 24.0 Å². The van der Waals surface area contributed by atoms with E-state index >= 15 is 0 Å². The van der Waals surface area contributed by atoms with Crippen LogP contribution in [0.5, 0.6) is 0 Å². The molecule has 154 valence electrons. The predicted octanol–water partition coefficient (Wildman–Crippen LogP) is 3.62. The number of esters is 1. The van der Waals surface area contributed by atoms with Crippen LogP contribution in [0.2, 0.25) is 0 Å². The molecule has 29 heavy (non-hydrogen) atoms. The number of hydrogen-bond acceptors (Lipinski definition) is 6. The first-order valence-electron chi connectivity index (χ1n) is 9.38. The van der Waals surface area contributed by atoms with Crippen molar-refractivity contribution in [2.75, 3.05) is 38.5 Å². The van der Waals surface area contributed by atoms with E-state index < -0.39 is 5.79 Å². The Hall–Kier alpha value is -2.35. The molecule has 0 radical (unpaired) electrons. The van der Waals surface area contributed by atoms with Crippen LogP contribution in [0.25, 0.3) is 0 Å². The summed E-state index contributed by atoms with van der Waals surface area (Å²) in [7, 11) is 4.67. The number of methoxy groups -OCH3 is 2. The quantitative estimate of drug-likeness (QED) is 0.373. The average molecular weight is 416 g/mol. The zero-order valence-corrected chi connectivity index (χ0v) is 17.9. The molecule has 0 aliphatic carbocycles. The van der Waals surface area contributed by atoms with E-state index in [1.807, 2.05) is 30.3 Å². The van der Waals surface area contributed by atoms with Crippen molar-refractivity contribution in [1.29, 1.82) is 0 Å².